The van der Waals surface area contributed by atoms with Gasteiger partial charge in [-0.2, -0.15) is 4.39 Å². The molecule has 0 radical (unpaired) electrons. The smallest absolute Gasteiger partial charge is 0.310 e. The van der Waals surface area contributed by atoms with Gasteiger partial charge < -0.3 is 4.74 Å². The Labute approximate surface area is 94.8 Å². The summed E-state index contributed by atoms with van der Waals surface area (Å²) in [5.41, 5.74) is 0.608. The molecule has 0 spiro atoms. The second-order valence-corrected chi connectivity index (χ2v) is 3.74. The molecule has 14 heavy (non-hydrogen) atoms. The average molecular weight is 309 g/mol. The number of aromatic nitrogens is 1. The quantitative estimate of drug-likeness (QED) is 0.486. The molecule has 5 heteroatoms. The highest BCUT2D eigenvalue weighted by Crippen LogP contribution is 2.12. The van der Waals surface area contributed by atoms with Crippen molar-refractivity contribution in [2.24, 2.45) is 0 Å². The summed E-state index contributed by atoms with van der Waals surface area (Å²) in [5.74, 6) is -0.930. The molecule has 0 aliphatic heterocycles. The summed E-state index contributed by atoms with van der Waals surface area (Å²) in [5, 5.41) is 0. The first-order valence-electron chi connectivity index (χ1n) is 4.09. The maximum atomic E-state index is 12.7. The number of rotatable bonds is 3. The summed E-state index contributed by atoms with van der Waals surface area (Å²) in [6.45, 7) is 2.07. The molecule has 0 atom stereocenters. The molecule has 0 saturated heterocycles. The average Bonchev–Trinajstić information content (AvgIpc) is 2.12. The van der Waals surface area contributed by atoms with Gasteiger partial charge in [-0.1, -0.05) is 0 Å². The van der Waals surface area contributed by atoms with E-state index in [0.29, 0.717) is 12.2 Å². The van der Waals surface area contributed by atoms with E-state index in [1.165, 1.54) is 12.3 Å². The molecule has 0 unspecified atom stereocenters. The van der Waals surface area contributed by atoms with E-state index in [1.54, 1.807) is 6.92 Å². The molecule has 1 rings (SSSR count). The predicted octanol–water partition coefficient (Wildman–Crippen LogP) is 1.93. The van der Waals surface area contributed by atoms with E-state index in [0.717, 1.165) is 3.57 Å². The van der Waals surface area contributed by atoms with Crippen LogP contribution in [-0.2, 0) is 16.0 Å². The van der Waals surface area contributed by atoms with Gasteiger partial charge in [-0.15, -0.1) is 0 Å². The lowest BCUT2D eigenvalue weighted by atomic mass is 10.2. The number of carbonyl (C=O) groups is 1. The molecule has 0 aliphatic rings. The van der Waals surface area contributed by atoms with Crippen molar-refractivity contribution in [3.05, 3.63) is 27.3 Å². The van der Waals surface area contributed by atoms with Crippen molar-refractivity contribution in [2.45, 2.75) is 13.3 Å². The van der Waals surface area contributed by atoms with Crippen LogP contribution in [0.5, 0.6) is 0 Å². The van der Waals surface area contributed by atoms with Crippen LogP contribution in [0.1, 0.15) is 12.5 Å². The lowest BCUT2D eigenvalue weighted by Crippen LogP contribution is -2.09. The van der Waals surface area contributed by atoms with Gasteiger partial charge in [-0.05, 0) is 41.1 Å². The Hall–Kier alpha value is -0.720. The van der Waals surface area contributed by atoms with Crippen LogP contribution in [0.2, 0.25) is 0 Å². The largest absolute Gasteiger partial charge is 0.466 e. The number of hydrogen-bond donors (Lipinski definition) is 0. The number of hydrogen-bond acceptors (Lipinski definition) is 3. The van der Waals surface area contributed by atoms with Crippen molar-refractivity contribution in [3.63, 3.8) is 0 Å². The van der Waals surface area contributed by atoms with Crippen molar-refractivity contribution >= 4 is 28.6 Å². The Morgan fingerprint density at radius 2 is 2.43 bits per heavy atom. The normalized spacial score (nSPS) is 9.93. The molecule has 0 amide bonds. The van der Waals surface area contributed by atoms with Crippen LogP contribution in [-0.4, -0.2) is 17.6 Å². The minimum atomic E-state index is -0.579. The van der Waals surface area contributed by atoms with E-state index in [2.05, 4.69) is 4.98 Å². The molecule has 0 fully saturated rings. The molecule has 1 aromatic heterocycles. The third-order valence-corrected chi connectivity index (χ3v) is 2.51. The third-order valence-electron chi connectivity index (χ3n) is 1.54. The van der Waals surface area contributed by atoms with Gasteiger partial charge in [-0.25, -0.2) is 4.98 Å². The lowest BCUT2D eigenvalue weighted by molar-refractivity contribution is -0.142. The first-order valence-corrected chi connectivity index (χ1v) is 5.17. The van der Waals surface area contributed by atoms with E-state index in [9.17, 15) is 9.18 Å². The zero-order valence-electron chi connectivity index (χ0n) is 7.59. The van der Waals surface area contributed by atoms with Gasteiger partial charge >= 0.3 is 5.97 Å². The van der Waals surface area contributed by atoms with Crippen LogP contribution < -0.4 is 0 Å². The Morgan fingerprint density at radius 3 is 3.07 bits per heavy atom. The van der Waals surface area contributed by atoms with Crippen LogP contribution in [0, 0.1) is 9.52 Å². The van der Waals surface area contributed by atoms with Crippen molar-refractivity contribution in [1.29, 1.82) is 0 Å². The van der Waals surface area contributed by atoms with E-state index in [1.807, 2.05) is 22.6 Å². The number of carbonyl (C=O) groups excluding carboxylic acids is 1. The van der Waals surface area contributed by atoms with Gasteiger partial charge in [0.15, 0.2) is 0 Å². The first-order chi connectivity index (χ1) is 6.63. The molecule has 3 nitrogen and oxygen atoms in total. The molecular weight excluding hydrogens is 300 g/mol. The number of halogens is 2. The highest BCUT2D eigenvalue weighted by molar-refractivity contribution is 14.1. The lowest BCUT2D eigenvalue weighted by Gasteiger charge is -2.03. The van der Waals surface area contributed by atoms with Gasteiger partial charge in [0.2, 0.25) is 5.95 Å². The van der Waals surface area contributed by atoms with Crippen LogP contribution in [0.15, 0.2) is 12.3 Å². The summed E-state index contributed by atoms with van der Waals surface area (Å²) in [7, 11) is 0. The second kappa shape index (κ2) is 5.23. The van der Waals surface area contributed by atoms with Crippen molar-refractivity contribution < 1.29 is 13.9 Å². The SMILES string of the molecule is CCOC(=O)Cc1cc(F)ncc1I. The summed E-state index contributed by atoms with van der Waals surface area (Å²) in [6.07, 6.45) is 1.48. The number of esters is 1. The van der Waals surface area contributed by atoms with Gasteiger partial charge in [0.25, 0.3) is 0 Å². The van der Waals surface area contributed by atoms with Crippen molar-refractivity contribution in [3.8, 4) is 0 Å². The van der Waals surface area contributed by atoms with Crippen molar-refractivity contribution in [1.82, 2.24) is 4.98 Å². The van der Waals surface area contributed by atoms with E-state index in [-0.39, 0.29) is 12.4 Å². The Bertz CT molecular complexity index is 344. The van der Waals surface area contributed by atoms with Crippen LogP contribution in [0.25, 0.3) is 0 Å². The minimum absolute atomic E-state index is 0.0888. The van der Waals surface area contributed by atoms with Gasteiger partial charge in [0, 0.05) is 9.77 Å². The number of pyridine rings is 1. The molecular formula is C9H9FINO2. The Balaban J connectivity index is 2.75. The molecule has 0 saturated carbocycles. The molecule has 0 aliphatic carbocycles. The zero-order chi connectivity index (χ0) is 10.6. The van der Waals surface area contributed by atoms with Crippen LogP contribution in [0.4, 0.5) is 4.39 Å². The van der Waals surface area contributed by atoms with E-state index in [4.69, 9.17) is 4.74 Å². The monoisotopic (exact) mass is 309 g/mol. The topological polar surface area (TPSA) is 39.2 Å². The minimum Gasteiger partial charge on any atom is -0.466 e. The summed E-state index contributed by atoms with van der Waals surface area (Å²) >= 11 is 2.00. The molecule has 1 heterocycles. The third kappa shape index (κ3) is 3.21. The summed E-state index contributed by atoms with van der Waals surface area (Å²) < 4.78 is 18.2. The zero-order valence-corrected chi connectivity index (χ0v) is 9.75. The van der Waals surface area contributed by atoms with Crippen LogP contribution in [0.3, 0.4) is 0 Å². The fraction of sp³-hybridized carbons (Fsp3) is 0.333. The molecule has 76 valence electrons. The Kier molecular flexibility index (Phi) is 4.24. The highest BCUT2D eigenvalue weighted by Gasteiger charge is 2.08. The van der Waals surface area contributed by atoms with Crippen molar-refractivity contribution in [2.75, 3.05) is 6.61 Å². The second-order valence-electron chi connectivity index (χ2n) is 2.58. The van der Waals surface area contributed by atoms with Gasteiger partial charge in [-0.3, -0.25) is 4.79 Å². The molecule has 1 aromatic rings. The van der Waals surface area contributed by atoms with Gasteiger partial charge in [0.05, 0.1) is 13.0 Å². The molecule has 0 aromatic carbocycles. The maximum Gasteiger partial charge on any atom is 0.310 e. The maximum absolute atomic E-state index is 12.7. The van der Waals surface area contributed by atoms with E-state index < -0.39 is 5.95 Å². The number of ether oxygens (including phenoxy) is 1. The highest BCUT2D eigenvalue weighted by atomic mass is 127. The van der Waals surface area contributed by atoms with E-state index >= 15 is 0 Å². The van der Waals surface area contributed by atoms with Crippen LogP contribution >= 0.6 is 22.6 Å². The number of nitrogens with zero attached hydrogens (tertiary/aromatic N) is 1. The Morgan fingerprint density at radius 1 is 1.71 bits per heavy atom. The summed E-state index contributed by atoms with van der Waals surface area (Å²) in [4.78, 5) is 14.6. The fourth-order valence-electron chi connectivity index (χ4n) is 0.954. The first kappa shape index (κ1) is 11.4. The van der Waals surface area contributed by atoms with Gasteiger partial charge in [0.1, 0.15) is 0 Å². The standard InChI is InChI=1S/C9H9FINO2/c1-2-14-9(13)4-6-3-8(10)12-5-7(6)11/h3,5H,2,4H2,1H3. The molecule has 0 N–H and O–H groups in total. The summed E-state index contributed by atoms with van der Waals surface area (Å²) in [6, 6.07) is 1.25. The fourth-order valence-corrected chi connectivity index (χ4v) is 1.44. The molecule has 0 bridgehead atoms. The predicted molar refractivity (Wildman–Crippen MR) is 57.2 cm³/mol.